The molecule has 0 saturated carbocycles. The van der Waals surface area contributed by atoms with Crippen LogP contribution in [0.3, 0.4) is 0 Å². The molecule has 0 radical (unpaired) electrons. The second kappa shape index (κ2) is 12.1. The lowest BCUT2D eigenvalue weighted by Crippen LogP contribution is -2.44. The van der Waals surface area contributed by atoms with E-state index >= 15 is 0 Å². The number of guanidine groups is 1. The van der Waals surface area contributed by atoms with Crippen LogP contribution in [0.15, 0.2) is 82.7 Å². The van der Waals surface area contributed by atoms with E-state index < -0.39 is 0 Å². The lowest BCUT2D eigenvalue weighted by molar-refractivity contribution is 0.648. The SMILES string of the molecule is CN=C(NCc1ccc(Cn2ccccc2=O)cc1)NC1CCN(c2cccc(Cl)c2)C1.I. The topological polar surface area (TPSA) is 61.7 Å². The molecule has 1 saturated heterocycles. The fourth-order valence-electron chi connectivity index (χ4n) is 3.91. The van der Waals surface area contributed by atoms with Crippen LogP contribution in [0.2, 0.25) is 5.02 Å². The number of nitrogens with zero attached hydrogens (tertiary/aromatic N) is 3. The zero-order valence-electron chi connectivity index (χ0n) is 18.6. The van der Waals surface area contributed by atoms with Gasteiger partial charge in [0.1, 0.15) is 0 Å². The highest BCUT2D eigenvalue weighted by Gasteiger charge is 2.23. The first-order valence-corrected chi connectivity index (χ1v) is 11.2. The summed E-state index contributed by atoms with van der Waals surface area (Å²) in [6.45, 7) is 3.15. The normalized spacial score (nSPS) is 15.8. The molecule has 1 aliphatic heterocycles. The van der Waals surface area contributed by atoms with Crippen LogP contribution in [0.25, 0.3) is 0 Å². The first kappa shape index (κ1) is 25.1. The van der Waals surface area contributed by atoms with E-state index in [1.54, 1.807) is 23.7 Å². The van der Waals surface area contributed by atoms with E-state index in [0.717, 1.165) is 47.3 Å². The van der Waals surface area contributed by atoms with Gasteiger partial charge in [0, 0.05) is 55.7 Å². The molecule has 1 aliphatic rings. The van der Waals surface area contributed by atoms with Gasteiger partial charge >= 0.3 is 0 Å². The van der Waals surface area contributed by atoms with Crippen molar-refractivity contribution >= 4 is 47.2 Å². The Morgan fingerprint density at radius 3 is 2.61 bits per heavy atom. The minimum Gasteiger partial charge on any atom is -0.369 e. The maximum Gasteiger partial charge on any atom is 0.250 e. The van der Waals surface area contributed by atoms with Crippen molar-refractivity contribution in [3.8, 4) is 0 Å². The van der Waals surface area contributed by atoms with Gasteiger partial charge in [-0.05, 0) is 41.8 Å². The van der Waals surface area contributed by atoms with Crippen molar-refractivity contribution in [1.82, 2.24) is 15.2 Å². The molecule has 2 aromatic carbocycles. The van der Waals surface area contributed by atoms with Crippen molar-refractivity contribution in [3.63, 3.8) is 0 Å². The summed E-state index contributed by atoms with van der Waals surface area (Å²) in [5.74, 6) is 0.794. The van der Waals surface area contributed by atoms with Gasteiger partial charge < -0.3 is 20.1 Å². The summed E-state index contributed by atoms with van der Waals surface area (Å²) in [7, 11) is 1.79. The van der Waals surface area contributed by atoms with Crippen LogP contribution in [0.4, 0.5) is 5.69 Å². The van der Waals surface area contributed by atoms with E-state index in [1.165, 1.54) is 0 Å². The van der Waals surface area contributed by atoms with Crippen LogP contribution in [-0.4, -0.2) is 36.7 Å². The molecule has 1 fully saturated rings. The van der Waals surface area contributed by atoms with Crippen molar-refractivity contribution in [3.05, 3.63) is 99.4 Å². The third-order valence-corrected chi connectivity index (χ3v) is 5.90. The molecule has 8 heteroatoms. The van der Waals surface area contributed by atoms with Gasteiger partial charge in [-0.1, -0.05) is 48.0 Å². The summed E-state index contributed by atoms with van der Waals surface area (Å²) >= 11 is 6.14. The van der Waals surface area contributed by atoms with E-state index in [2.05, 4.69) is 50.9 Å². The molecule has 0 aliphatic carbocycles. The van der Waals surface area contributed by atoms with Gasteiger partial charge in [0.2, 0.25) is 0 Å². The van der Waals surface area contributed by atoms with Gasteiger partial charge in [0.15, 0.2) is 5.96 Å². The molecule has 0 bridgehead atoms. The number of anilines is 1. The first-order valence-electron chi connectivity index (χ1n) is 10.8. The molecule has 33 heavy (non-hydrogen) atoms. The van der Waals surface area contributed by atoms with Crippen molar-refractivity contribution < 1.29 is 0 Å². The average Bonchev–Trinajstić information content (AvgIpc) is 3.28. The van der Waals surface area contributed by atoms with Gasteiger partial charge in [0.05, 0.1) is 6.54 Å². The molecule has 0 amide bonds. The number of hydrogen-bond acceptors (Lipinski definition) is 3. The molecule has 1 atom stereocenters. The number of rotatable bonds is 6. The van der Waals surface area contributed by atoms with Crippen molar-refractivity contribution in [2.24, 2.45) is 4.99 Å². The highest BCUT2D eigenvalue weighted by Crippen LogP contribution is 2.23. The number of pyridine rings is 1. The van der Waals surface area contributed by atoms with E-state index in [1.807, 2.05) is 30.5 Å². The summed E-state index contributed by atoms with van der Waals surface area (Å²) in [5.41, 5.74) is 3.41. The smallest absolute Gasteiger partial charge is 0.250 e. The molecular weight excluding hydrogens is 549 g/mol. The number of aromatic nitrogens is 1. The van der Waals surface area contributed by atoms with Gasteiger partial charge in [-0.25, -0.2) is 0 Å². The Bertz CT molecular complexity index is 1130. The Hall–Kier alpha value is -2.52. The van der Waals surface area contributed by atoms with E-state index in [0.29, 0.717) is 19.1 Å². The van der Waals surface area contributed by atoms with Crippen LogP contribution in [-0.2, 0) is 13.1 Å². The molecule has 174 valence electrons. The van der Waals surface area contributed by atoms with Gasteiger partial charge in [-0.3, -0.25) is 9.79 Å². The summed E-state index contributed by atoms with van der Waals surface area (Å²) < 4.78 is 1.70. The molecular formula is C25H29ClIN5O. The predicted molar refractivity (Wildman–Crippen MR) is 147 cm³/mol. The highest BCUT2D eigenvalue weighted by atomic mass is 127. The number of aliphatic imine (C=N–C) groups is 1. The Labute approximate surface area is 216 Å². The Morgan fingerprint density at radius 1 is 1.09 bits per heavy atom. The van der Waals surface area contributed by atoms with E-state index in [-0.39, 0.29) is 29.5 Å². The van der Waals surface area contributed by atoms with Crippen LogP contribution >= 0.6 is 35.6 Å². The zero-order chi connectivity index (χ0) is 22.3. The Morgan fingerprint density at radius 2 is 1.88 bits per heavy atom. The number of hydrogen-bond donors (Lipinski definition) is 2. The average molecular weight is 578 g/mol. The maximum absolute atomic E-state index is 11.9. The lowest BCUT2D eigenvalue weighted by atomic mass is 10.1. The Kier molecular flexibility index (Phi) is 9.20. The van der Waals surface area contributed by atoms with E-state index in [4.69, 9.17) is 11.6 Å². The Balaban J connectivity index is 0.00000306. The summed E-state index contributed by atoms with van der Waals surface area (Å²) in [5, 5.41) is 7.69. The van der Waals surface area contributed by atoms with Crippen molar-refractivity contribution in [2.75, 3.05) is 25.0 Å². The number of halogens is 2. The largest absolute Gasteiger partial charge is 0.369 e. The number of benzene rings is 2. The van der Waals surface area contributed by atoms with Crippen LogP contribution in [0, 0.1) is 0 Å². The van der Waals surface area contributed by atoms with Gasteiger partial charge in [-0.15, -0.1) is 24.0 Å². The summed E-state index contributed by atoms with van der Waals surface area (Å²) in [4.78, 5) is 18.6. The zero-order valence-corrected chi connectivity index (χ0v) is 21.7. The molecule has 4 rings (SSSR count). The fraction of sp³-hybridized carbons (Fsp3) is 0.280. The van der Waals surface area contributed by atoms with Gasteiger partial charge in [0.25, 0.3) is 5.56 Å². The predicted octanol–water partition coefficient (Wildman–Crippen LogP) is 4.11. The first-order chi connectivity index (χ1) is 15.6. The molecule has 1 unspecified atom stereocenters. The molecule has 3 aromatic rings. The van der Waals surface area contributed by atoms with E-state index in [9.17, 15) is 4.79 Å². The molecule has 2 heterocycles. The molecule has 1 aromatic heterocycles. The molecule has 6 nitrogen and oxygen atoms in total. The van der Waals surface area contributed by atoms with Gasteiger partial charge in [-0.2, -0.15) is 0 Å². The standard InChI is InChI=1S/C25H28ClN5O.HI/c1-27-25(29-22-12-14-30(18-22)23-6-4-5-21(26)15-23)28-16-19-8-10-20(11-9-19)17-31-13-3-2-7-24(31)32;/h2-11,13,15,22H,12,14,16-18H2,1H3,(H2,27,28,29);1H. The fourth-order valence-corrected chi connectivity index (χ4v) is 4.09. The minimum absolute atomic E-state index is 0. The van der Waals surface area contributed by atoms with Crippen molar-refractivity contribution in [1.29, 1.82) is 0 Å². The molecule has 2 N–H and O–H groups in total. The highest BCUT2D eigenvalue weighted by molar-refractivity contribution is 14.0. The number of nitrogens with one attached hydrogen (secondary N) is 2. The lowest BCUT2D eigenvalue weighted by Gasteiger charge is -2.20. The summed E-state index contributed by atoms with van der Waals surface area (Å²) in [6, 6.07) is 21.8. The van der Waals surface area contributed by atoms with Crippen LogP contribution in [0.1, 0.15) is 17.5 Å². The maximum atomic E-state index is 11.9. The molecule has 0 spiro atoms. The second-order valence-electron chi connectivity index (χ2n) is 7.96. The second-order valence-corrected chi connectivity index (χ2v) is 8.40. The third-order valence-electron chi connectivity index (χ3n) is 5.66. The minimum atomic E-state index is 0. The monoisotopic (exact) mass is 577 g/mol. The van der Waals surface area contributed by atoms with Crippen LogP contribution < -0.4 is 21.1 Å². The van der Waals surface area contributed by atoms with Crippen LogP contribution in [0.5, 0.6) is 0 Å². The third kappa shape index (κ3) is 6.98. The van der Waals surface area contributed by atoms with Crippen molar-refractivity contribution in [2.45, 2.75) is 25.6 Å². The quantitative estimate of drug-likeness (QED) is 0.263. The summed E-state index contributed by atoms with van der Waals surface area (Å²) in [6.07, 6.45) is 2.85.